The number of alkyl halides is 3. The van der Waals surface area contributed by atoms with Crippen molar-refractivity contribution in [3.05, 3.63) is 83.2 Å². The van der Waals surface area contributed by atoms with Crippen LogP contribution in [0.25, 0.3) is 0 Å². The topological polar surface area (TPSA) is 54.4 Å². The van der Waals surface area contributed by atoms with Crippen LogP contribution in [-0.2, 0) is 17.4 Å². The summed E-state index contributed by atoms with van der Waals surface area (Å²) in [4.78, 5) is 21.4. The van der Waals surface area contributed by atoms with Gasteiger partial charge in [-0.05, 0) is 61.0 Å². The van der Waals surface area contributed by atoms with Crippen LogP contribution in [0.15, 0.2) is 65.7 Å². The Kier molecular flexibility index (Phi) is 6.73. The van der Waals surface area contributed by atoms with E-state index in [1.165, 1.54) is 25.3 Å². The van der Waals surface area contributed by atoms with Crippen LogP contribution in [0.5, 0.6) is 17.2 Å². The predicted molar refractivity (Wildman–Crippen MR) is 134 cm³/mol. The number of halogens is 4. The molecule has 1 atom stereocenters. The van der Waals surface area contributed by atoms with Crippen LogP contribution >= 0.6 is 0 Å². The standard InChI is InChI=1S/C28H25F4N3O3/c1-17-16-34(11-12-35(17)26(36)13-18-3-6-20(29)7-4-18)27-22-15-21(37-2)8-10-24(22)38-25-9-5-19(28(30,31)32)14-23(25)33-27/h3-10,14-15,17H,11-13,16H2,1-2H3. The van der Waals surface area contributed by atoms with Crippen LogP contribution in [-0.4, -0.2) is 54.3 Å². The average Bonchev–Trinajstić information content (AvgIpc) is 3.05. The lowest BCUT2D eigenvalue weighted by Gasteiger charge is -2.41. The van der Waals surface area contributed by atoms with Gasteiger partial charge in [0.15, 0.2) is 5.75 Å². The lowest BCUT2D eigenvalue weighted by Crippen LogP contribution is -2.55. The second-order valence-corrected chi connectivity index (χ2v) is 9.27. The number of carbonyl (C=O) groups is 1. The Morgan fingerprint density at radius 2 is 1.79 bits per heavy atom. The highest BCUT2D eigenvalue weighted by atomic mass is 19.4. The Morgan fingerprint density at radius 1 is 1.05 bits per heavy atom. The molecular weight excluding hydrogens is 502 g/mol. The molecule has 0 bridgehead atoms. The number of aliphatic imine (C=N–C) groups is 1. The van der Waals surface area contributed by atoms with Crippen molar-refractivity contribution in [1.29, 1.82) is 0 Å². The van der Waals surface area contributed by atoms with Crippen molar-refractivity contribution in [1.82, 2.24) is 9.80 Å². The van der Waals surface area contributed by atoms with E-state index in [1.807, 2.05) is 11.8 Å². The summed E-state index contributed by atoms with van der Waals surface area (Å²) in [5, 5.41) is 0. The molecule has 2 heterocycles. The summed E-state index contributed by atoms with van der Waals surface area (Å²) in [6.07, 6.45) is -4.38. The van der Waals surface area contributed by atoms with Crippen LogP contribution in [0.2, 0.25) is 0 Å². The van der Waals surface area contributed by atoms with E-state index in [-0.39, 0.29) is 35.6 Å². The molecule has 0 aliphatic carbocycles. The maximum Gasteiger partial charge on any atom is 0.416 e. The van der Waals surface area contributed by atoms with Gasteiger partial charge in [-0.2, -0.15) is 13.2 Å². The van der Waals surface area contributed by atoms with Crippen molar-refractivity contribution in [2.45, 2.75) is 25.6 Å². The first-order chi connectivity index (χ1) is 18.1. The number of benzene rings is 3. The number of amidine groups is 1. The lowest BCUT2D eigenvalue weighted by atomic mass is 10.1. The van der Waals surface area contributed by atoms with Gasteiger partial charge in [-0.3, -0.25) is 4.79 Å². The molecule has 3 aromatic rings. The molecule has 1 amide bonds. The predicted octanol–water partition coefficient (Wildman–Crippen LogP) is 5.81. The fraction of sp³-hybridized carbons (Fsp3) is 0.286. The van der Waals surface area contributed by atoms with Crippen molar-refractivity contribution in [3.63, 3.8) is 0 Å². The maximum atomic E-state index is 13.4. The molecule has 198 valence electrons. The second-order valence-electron chi connectivity index (χ2n) is 9.27. The van der Waals surface area contributed by atoms with Gasteiger partial charge in [-0.25, -0.2) is 9.38 Å². The Hall–Kier alpha value is -4.08. The van der Waals surface area contributed by atoms with E-state index in [0.717, 1.165) is 17.7 Å². The molecule has 2 aliphatic heterocycles. The van der Waals surface area contributed by atoms with E-state index < -0.39 is 11.7 Å². The van der Waals surface area contributed by atoms with Crippen molar-refractivity contribution in [2.75, 3.05) is 26.7 Å². The molecule has 0 radical (unpaired) electrons. The van der Waals surface area contributed by atoms with E-state index in [1.54, 1.807) is 35.2 Å². The summed E-state index contributed by atoms with van der Waals surface area (Å²) < 4.78 is 64.9. The summed E-state index contributed by atoms with van der Waals surface area (Å²) in [6, 6.07) is 14.0. The third-order valence-corrected chi connectivity index (χ3v) is 6.68. The van der Waals surface area contributed by atoms with Gasteiger partial charge in [-0.15, -0.1) is 0 Å². The number of nitrogens with zero attached hydrogens (tertiary/aromatic N) is 3. The number of rotatable bonds is 3. The molecule has 38 heavy (non-hydrogen) atoms. The number of carbonyl (C=O) groups excluding carboxylic acids is 1. The average molecular weight is 528 g/mol. The van der Waals surface area contributed by atoms with E-state index in [9.17, 15) is 22.4 Å². The van der Waals surface area contributed by atoms with E-state index in [0.29, 0.717) is 42.5 Å². The Bertz CT molecular complexity index is 1390. The first kappa shape index (κ1) is 25.6. The van der Waals surface area contributed by atoms with Crippen LogP contribution in [0.3, 0.4) is 0 Å². The SMILES string of the molecule is COc1ccc2c(c1)C(N1CCN(C(=O)Cc3ccc(F)cc3)C(C)C1)=Nc1cc(C(F)(F)F)ccc1O2. The zero-order valence-electron chi connectivity index (χ0n) is 20.8. The van der Waals surface area contributed by atoms with Crippen LogP contribution in [0, 0.1) is 5.82 Å². The third kappa shape index (κ3) is 5.16. The normalized spacial score (nSPS) is 17.1. The van der Waals surface area contributed by atoms with E-state index in [2.05, 4.69) is 4.99 Å². The van der Waals surface area contributed by atoms with Crippen LogP contribution in [0.4, 0.5) is 23.2 Å². The van der Waals surface area contributed by atoms with Gasteiger partial charge < -0.3 is 19.3 Å². The zero-order chi connectivity index (χ0) is 27.0. The molecule has 10 heteroatoms. The highest BCUT2D eigenvalue weighted by Crippen LogP contribution is 2.42. The molecule has 1 fully saturated rings. The van der Waals surface area contributed by atoms with Crippen molar-refractivity contribution in [3.8, 4) is 17.2 Å². The minimum absolute atomic E-state index is 0.0625. The van der Waals surface area contributed by atoms with Crippen molar-refractivity contribution < 1.29 is 31.8 Å². The summed E-state index contributed by atoms with van der Waals surface area (Å²) in [7, 11) is 1.52. The lowest BCUT2D eigenvalue weighted by molar-refractivity contribution is -0.137. The Balaban J connectivity index is 1.45. The minimum Gasteiger partial charge on any atom is -0.497 e. The summed E-state index contributed by atoms with van der Waals surface area (Å²) in [5.41, 5.74) is 0.533. The van der Waals surface area contributed by atoms with Gasteiger partial charge in [-0.1, -0.05) is 12.1 Å². The highest BCUT2D eigenvalue weighted by Gasteiger charge is 2.34. The zero-order valence-corrected chi connectivity index (χ0v) is 20.8. The molecule has 1 unspecified atom stereocenters. The monoisotopic (exact) mass is 527 g/mol. The van der Waals surface area contributed by atoms with E-state index in [4.69, 9.17) is 9.47 Å². The first-order valence-electron chi connectivity index (χ1n) is 12.1. The number of piperazine rings is 1. The number of hydrogen-bond acceptors (Lipinski definition) is 5. The Labute approximate surface area is 217 Å². The molecule has 3 aromatic carbocycles. The third-order valence-electron chi connectivity index (χ3n) is 6.68. The van der Waals surface area contributed by atoms with Gasteiger partial charge in [0.2, 0.25) is 5.91 Å². The van der Waals surface area contributed by atoms with Gasteiger partial charge >= 0.3 is 6.18 Å². The quantitative estimate of drug-likeness (QED) is 0.404. The van der Waals surface area contributed by atoms with Crippen LogP contribution in [0.1, 0.15) is 23.6 Å². The summed E-state index contributed by atoms with van der Waals surface area (Å²) in [5.74, 6) is 1.18. The Morgan fingerprint density at radius 3 is 2.47 bits per heavy atom. The van der Waals surface area contributed by atoms with Gasteiger partial charge in [0.25, 0.3) is 0 Å². The highest BCUT2D eigenvalue weighted by molar-refractivity contribution is 6.04. The minimum atomic E-state index is -4.53. The molecule has 0 saturated carbocycles. The molecule has 0 aromatic heterocycles. The maximum absolute atomic E-state index is 13.4. The summed E-state index contributed by atoms with van der Waals surface area (Å²) >= 11 is 0. The van der Waals surface area contributed by atoms with Gasteiger partial charge in [0, 0.05) is 25.7 Å². The number of ether oxygens (including phenoxy) is 2. The number of methoxy groups -OCH3 is 1. The van der Waals surface area contributed by atoms with Gasteiger partial charge in [0.1, 0.15) is 28.8 Å². The van der Waals surface area contributed by atoms with Crippen molar-refractivity contribution in [2.24, 2.45) is 4.99 Å². The molecule has 0 N–H and O–H groups in total. The van der Waals surface area contributed by atoms with Gasteiger partial charge in [0.05, 0.1) is 24.7 Å². The molecular formula is C28H25F4N3O3. The second kappa shape index (κ2) is 10.00. The molecule has 5 rings (SSSR count). The fourth-order valence-electron chi connectivity index (χ4n) is 4.70. The van der Waals surface area contributed by atoms with Crippen molar-refractivity contribution >= 4 is 17.4 Å². The first-order valence-corrected chi connectivity index (χ1v) is 12.1. The fourth-order valence-corrected chi connectivity index (χ4v) is 4.70. The number of amides is 1. The summed E-state index contributed by atoms with van der Waals surface area (Å²) in [6.45, 7) is 3.10. The van der Waals surface area contributed by atoms with E-state index >= 15 is 0 Å². The molecule has 0 spiro atoms. The molecule has 1 saturated heterocycles. The molecule has 6 nitrogen and oxygen atoms in total. The van der Waals surface area contributed by atoms with Crippen LogP contribution < -0.4 is 9.47 Å². The number of hydrogen-bond donors (Lipinski definition) is 0. The largest absolute Gasteiger partial charge is 0.497 e. The molecule has 2 aliphatic rings. The number of fused-ring (bicyclic) bond motifs is 2. The smallest absolute Gasteiger partial charge is 0.416 e.